The van der Waals surface area contributed by atoms with Crippen molar-refractivity contribution in [2.24, 2.45) is 5.73 Å². The molecule has 0 saturated carbocycles. The van der Waals surface area contributed by atoms with Crippen molar-refractivity contribution in [2.45, 2.75) is 19.5 Å². The van der Waals surface area contributed by atoms with Crippen molar-refractivity contribution in [3.63, 3.8) is 0 Å². The number of hydrogen-bond acceptors (Lipinski definition) is 2. The van der Waals surface area contributed by atoms with Crippen LogP contribution < -0.4 is 5.73 Å². The SMILES string of the molecule is NCc1c(-c2ccc(Cl)cc2Cl)ncn1CCc1ccc(F)cc1. The van der Waals surface area contributed by atoms with E-state index >= 15 is 0 Å². The Kier molecular flexibility index (Phi) is 5.19. The molecule has 0 spiro atoms. The van der Waals surface area contributed by atoms with Gasteiger partial charge in [0.1, 0.15) is 5.82 Å². The number of rotatable bonds is 5. The molecule has 124 valence electrons. The Morgan fingerprint density at radius 2 is 1.83 bits per heavy atom. The second kappa shape index (κ2) is 7.34. The Labute approximate surface area is 149 Å². The van der Waals surface area contributed by atoms with Crippen molar-refractivity contribution in [1.29, 1.82) is 0 Å². The molecule has 2 aromatic carbocycles. The molecule has 0 aliphatic heterocycles. The molecule has 3 nitrogen and oxygen atoms in total. The molecule has 2 N–H and O–H groups in total. The van der Waals surface area contributed by atoms with Gasteiger partial charge in [-0.2, -0.15) is 0 Å². The van der Waals surface area contributed by atoms with Gasteiger partial charge in [0.15, 0.2) is 0 Å². The van der Waals surface area contributed by atoms with Crippen LogP contribution in [0.3, 0.4) is 0 Å². The molecule has 0 fully saturated rings. The van der Waals surface area contributed by atoms with Gasteiger partial charge in [0.05, 0.1) is 22.7 Å². The zero-order valence-electron chi connectivity index (χ0n) is 12.8. The van der Waals surface area contributed by atoms with Gasteiger partial charge in [-0.1, -0.05) is 35.3 Å². The summed E-state index contributed by atoms with van der Waals surface area (Å²) >= 11 is 12.2. The van der Waals surface area contributed by atoms with Gasteiger partial charge in [0.25, 0.3) is 0 Å². The molecular weight excluding hydrogens is 348 g/mol. The van der Waals surface area contributed by atoms with Crippen LogP contribution in [0.2, 0.25) is 10.0 Å². The molecule has 6 heteroatoms. The summed E-state index contributed by atoms with van der Waals surface area (Å²) in [5.41, 5.74) is 9.45. The maximum Gasteiger partial charge on any atom is 0.123 e. The highest BCUT2D eigenvalue weighted by Gasteiger charge is 2.14. The summed E-state index contributed by atoms with van der Waals surface area (Å²) in [7, 11) is 0. The molecule has 0 aliphatic rings. The Hall–Kier alpha value is -1.88. The van der Waals surface area contributed by atoms with Crippen LogP contribution in [-0.2, 0) is 19.5 Å². The van der Waals surface area contributed by atoms with Crippen LogP contribution in [-0.4, -0.2) is 9.55 Å². The third-order valence-corrected chi connectivity index (χ3v) is 4.43. The lowest BCUT2D eigenvalue weighted by Crippen LogP contribution is -2.09. The molecule has 0 amide bonds. The lowest BCUT2D eigenvalue weighted by molar-refractivity contribution is 0.624. The summed E-state index contributed by atoms with van der Waals surface area (Å²) in [6, 6.07) is 11.8. The van der Waals surface area contributed by atoms with E-state index in [2.05, 4.69) is 4.98 Å². The molecule has 1 aromatic heterocycles. The number of halogens is 3. The molecule has 3 aromatic rings. The van der Waals surface area contributed by atoms with E-state index in [9.17, 15) is 4.39 Å². The highest BCUT2D eigenvalue weighted by Crippen LogP contribution is 2.31. The fourth-order valence-corrected chi connectivity index (χ4v) is 3.12. The fraction of sp³-hybridized carbons (Fsp3) is 0.167. The van der Waals surface area contributed by atoms with Crippen LogP contribution in [0.5, 0.6) is 0 Å². The zero-order chi connectivity index (χ0) is 17.1. The topological polar surface area (TPSA) is 43.8 Å². The van der Waals surface area contributed by atoms with Crippen LogP contribution in [0.4, 0.5) is 4.39 Å². The minimum absolute atomic E-state index is 0.233. The second-order valence-corrected chi connectivity index (χ2v) is 6.28. The average Bonchev–Trinajstić information content (AvgIpc) is 2.97. The molecule has 0 atom stereocenters. The predicted octanol–water partition coefficient (Wildman–Crippen LogP) is 4.70. The molecule has 0 bridgehead atoms. The van der Waals surface area contributed by atoms with Crippen LogP contribution in [0.1, 0.15) is 11.3 Å². The predicted molar refractivity (Wildman–Crippen MR) is 95.7 cm³/mol. The summed E-state index contributed by atoms with van der Waals surface area (Å²) in [5, 5.41) is 1.12. The maximum absolute atomic E-state index is 13.0. The van der Waals surface area contributed by atoms with Crippen molar-refractivity contribution in [3.05, 3.63) is 75.9 Å². The first-order chi connectivity index (χ1) is 11.6. The third-order valence-electron chi connectivity index (χ3n) is 3.88. The normalized spacial score (nSPS) is 11.0. The minimum atomic E-state index is -0.233. The Morgan fingerprint density at radius 1 is 1.08 bits per heavy atom. The lowest BCUT2D eigenvalue weighted by atomic mass is 10.1. The molecule has 24 heavy (non-hydrogen) atoms. The highest BCUT2D eigenvalue weighted by molar-refractivity contribution is 6.36. The Morgan fingerprint density at radius 3 is 2.50 bits per heavy atom. The van der Waals surface area contributed by atoms with Gasteiger partial charge in [-0.05, 0) is 42.3 Å². The average molecular weight is 364 g/mol. The van der Waals surface area contributed by atoms with E-state index in [4.69, 9.17) is 28.9 Å². The van der Waals surface area contributed by atoms with Crippen molar-refractivity contribution >= 4 is 23.2 Å². The van der Waals surface area contributed by atoms with Gasteiger partial charge in [-0.15, -0.1) is 0 Å². The van der Waals surface area contributed by atoms with Gasteiger partial charge in [0, 0.05) is 23.7 Å². The van der Waals surface area contributed by atoms with Crippen molar-refractivity contribution < 1.29 is 4.39 Å². The van der Waals surface area contributed by atoms with Crippen LogP contribution in [0.25, 0.3) is 11.3 Å². The van der Waals surface area contributed by atoms with E-state index in [1.807, 2.05) is 10.6 Å². The van der Waals surface area contributed by atoms with E-state index in [1.165, 1.54) is 12.1 Å². The molecular formula is C18H16Cl2FN3. The molecule has 0 unspecified atom stereocenters. The first-order valence-corrected chi connectivity index (χ1v) is 8.28. The van der Waals surface area contributed by atoms with Crippen LogP contribution in [0.15, 0.2) is 48.8 Å². The number of nitrogens with two attached hydrogens (primary N) is 1. The summed E-state index contributed by atoms with van der Waals surface area (Å²) in [5.74, 6) is -0.233. The molecule has 3 rings (SSSR count). The minimum Gasteiger partial charge on any atom is -0.333 e. The molecule has 0 aliphatic carbocycles. The van der Waals surface area contributed by atoms with E-state index in [0.29, 0.717) is 23.1 Å². The number of nitrogens with zero attached hydrogens (tertiary/aromatic N) is 2. The van der Waals surface area contributed by atoms with E-state index < -0.39 is 0 Å². The second-order valence-electron chi connectivity index (χ2n) is 5.44. The molecule has 1 heterocycles. The van der Waals surface area contributed by atoms with Crippen molar-refractivity contribution in [3.8, 4) is 11.3 Å². The van der Waals surface area contributed by atoms with Crippen molar-refractivity contribution in [1.82, 2.24) is 9.55 Å². The van der Waals surface area contributed by atoms with E-state index in [-0.39, 0.29) is 5.82 Å². The number of aryl methyl sites for hydroxylation is 2. The van der Waals surface area contributed by atoms with Gasteiger partial charge in [-0.3, -0.25) is 0 Å². The van der Waals surface area contributed by atoms with Crippen LogP contribution in [0, 0.1) is 5.82 Å². The third kappa shape index (κ3) is 3.61. The number of hydrogen-bond donors (Lipinski definition) is 1. The highest BCUT2D eigenvalue weighted by atomic mass is 35.5. The van der Waals surface area contributed by atoms with E-state index in [1.54, 1.807) is 30.6 Å². The Balaban J connectivity index is 1.85. The summed E-state index contributed by atoms with van der Waals surface area (Å²) in [4.78, 5) is 4.47. The van der Waals surface area contributed by atoms with Crippen LogP contribution >= 0.6 is 23.2 Å². The number of benzene rings is 2. The zero-order valence-corrected chi connectivity index (χ0v) is 14.4. The summed E-state index contributed by atoms with van der Waals surface area (Å²) in [6.07, 6.45) is 2.52. The molecule has 0 radical (unpaired) electrons. The smallest absolute Gasteiger partial charge is 0.123 e. The molecule has 0 saturated heterocycles. The largest absolute Gasteiger partial charge is 0.333 e. The monoisotopic (exact) mass is 363 g/mol. The number of aromatic nitrogens is 2. The maximum atomic E-state index is 13.0. The van der Waals surface area contributed by atoms with Gasteiger partial charge < -0.3 is 10.3 Å². The van der Waals surface area contributed by atoms with Gasteiger partial charge in [0.2, 0.25) is 0 Å². The standard InChI is InChI=1S/C18H16Cl2FN3/c19-13-3-6-15(16(20)9-13)18-17(10-22)24(11-23-18)8-7-12-1-4-14(21)5-2-12/h1-6,9,11H,7-8,10,22H2. The fourth-order valence-electron chi connectivity index (χ4n) is 2.62. The first kappa shape index (κ1) is 17.0. The summed E-state index contributed by atoms with van der Waals surface area (Å²) < 4.78 is 15.0. The number of imidazole rings is 1. The van der Waals surface area contributed by atoms with Gasteiger partial charge >= 0.3 is 0 Å². The quantitative estimate of drug-likeness (QED) is 0.713. The van der Waals surface area contributed by atoms with Gasteiger partial charge in [-0.25, -0.2) is 9.37 Å². The first-order valence-electron chi connectivity index (χ1n) is 7.52. The Bertz CT molecular complexity index is 844. The van der Waals surface area contributed by atoms with E-state index in [0.717, 1.165) is 28.9 Å². The lowest BCUT2D eigenvalue weighted by Gasteiger charge is -2.09. The van der Waals surface area contributed by atoms with Crippen molar-refractivity contribution in [2.75, 3.05) is 0 Å². The summed E-state index contributed by atoms with van der Waals surface area (Å²) in [6.45, 7) is 1.05.